The Balaban J connectivity index is 1.35. The number of carbonyl (C=O) groups excluding carboxylic acids is 1. The summed E-state index contributed by atoms with van der Waals surface area (Å²) in [4.78, 5) is 25.9. The van der Waals surface area contributed by atoms with E-state index in [9.17, 15) is 9.90 Å². The number of allylic oxidation sites excluding steroid dienone is 2. The fourth-order valence-corrected chi connectivity index (χ4v) is 4.28. The molecule has 1 aromatic carbocycles. The summed E-state index contributed by atoms with van der Waals surface area (Å²) in [5.41, 5.74) is 4.19. The topological polar surface area (TPSA) is 93.6 Å². The quantitative estimate of drug-likeness (QED) is 0.705. The second kappa shape index (κ2) is 8.03. The molecular formula is C23H26N6O2. The van der Waals surface area contributed by atoms with Crippen molar-refractivity contribution < 1.29 is 9.90 Å². The van der Waals surface area contributed by atoms with Gasteiger partial charge >= 0.3 is 0 Å². The van der Waals surface area contributed by atoms with Gasteiger partial charge in [0.05, 0.1) is 23.6 Å². The highest BCUT2D eigenvalue weighted by molar-refractivity contribution is 6.10. The summed E-state index contributed by atoms with van der Waals surface area (Å²) in [5.74, 6) is 1.00. The molecule has 1 aliphatic carbocycles. The Morgan fingerprint density at radius 3 is 2.65 bits per heavy atom. The molecule has 3 N–H and O–H groups in total. The number of nitrogens with one attached hydrogen (secondary N) is 2. The summed E-state index contributed by atoms with van der Waals surface area (Å²) in [5, 5.41) is 15.9. The van der Waals surface area contributed by atoms with E-state index in [0.717, 1.165) is 55.8 Å². The first-order chi connectivity index (χ1) is 15.1. The Bertz CT molecular complexity index is 1050. The van der Waals surface area contributed by atoms with Crippen LogP contribution in [0.5, 0.6) is 0 Å². The third-order valence-electron chi connectivity index (χ3n) is 6.02. The smallest absolute Gasteiger partial charge is 0.257 e. The molecule has 5 rings (SSSR count). The minimum Gasteiger partial charge on any atom is -0.393 e. The highest BCUT2D eigenvalue weighted by Crippen LogP contribution is 2.35. The second-order valence-corrected chi connectivity index (χ2v) is 8.12. The van der Waals surface area contributed by atoms with Gasteiger partial charge in [-0.15, -0.1) is 0 Å². The summed E-state index contributed by atoms with van der Waals surface area (Å²) < 4.78 is 0. The third kappa shape index (κ3) is 3.86. The maximum absolute atomic E-state index is 12.6. The van der Waals surface area contributed by atoms with Gasteiger partial charge in [-0.2, -0.15) is 4.98 Å². The molecule has 0 spiro atoms. The number of carbonyl (C=O) groups is 1. The minimum atomic E-state index is -0.179. The normalized spacial score (nSPS) is 19.0. The molecule has 160 valence electrons. The molecule has 0 bridgehead atoms. The van der Waals surface area contributed by atoms with Crippen molar-refractivity contribution in [3.8, 4) is 0 Å². The Morgan fingerprint density at radius 1 is 1.13 bits per heavy atom. The van der Waals surface area contributed by atoms with Gasteiger partial charge in [0, 0.05) is 31.5 Å². The maximum Gasteiger partial charge on any atom is 0.257 e. The molecular weight excluding hydrogens is 392 g/mol. The van der Waals surface area contributed by atoms with Crippen molar-refractivity contribution in [1.29, 1.82) is 0 Å². The Hall–Kier alpha value is -3.39. The molecule has 2 aromatic rings. The first kappa shape index (κ1) is 19.6. The van der Waals surface area contributed by atoms with E-state index < -0.39 is 0 Å². The van der Waals surface area contributed by atoms with Crippen LogP contribution in [0.4, 0.5) is 28.8 Å². The number of aliphatic hydroxyl groups excluding tert-OH is 1. The van der Waals surface area contributed by atoms with Gasteiger partial charge in [-0.05, 0) is 49.9 Å². The number of aliphatic hydroxyl groups is 1. The lowest BCUT2D eigenvalue weighted by Crippen LogP contribution is -2.35. The number of aromatic nitrogens is 2. The number of rotatable bonds is 3. The lowest BCUT2D eigenvalue weighted by molar-refractivity contribution is -0.112. The van der Waals surface area contributed by atoms with Crippen molar-refractivity contribution in [3.63, 3.8) is 0 Å². The molecule has 0 unspecified atom stereocenters. The van der Waals surface area contributed by atoms with Crippen LogP contribution in [-0.2, 0) is 4.79 Å². The standard InChI is InChI=1S/C23H26N6O2/c1-28-20-5-3-2-4-18(20)22(31)26-19-14-24-23(27-21(19)28)25-15-6-8-16(9-7-15)29-12-10-17(30)11-13-29/h4-9,14,17,30H,2-3,10-13H2,1H3,(H,26,31)(H,24,25,27). The third-order valence-corrected chi connectivity index (χ3v) is 6.02. The van der Waals surface area contributed by atoms with Crippen LogP contribution >= 0.6 is 0 Å². The van der Waals surface area contributed by atoms with Gasteiger partial charge < -0.3 is 25.5 Å². The van der Waals surface area contributed by atoms with Gasteiger partial charge in [-0.1, -0.05) is 12.2 Å². The molecule has 1 fully saturated rings. The SMILES string of the molecule is CN1C2=CCCC=C2C(=O)Nc2cnc(Nc3ccc(N4CCC(O)CC4)cc3)nc21. The number of benzene rings is 1. The highest BCUT2D eigenvalue weighted by Gasteiger charge is 2.28. The largest absolute Gasteiger partial charge is 0.393 e. The zero-order valence-corrected chi connectivity index (χ0v) is 17.5. The monoisotopic (exact) mass is 418 g/mol. The number of hydrogen-bond donors (Lipinski definition) is 3. The van der Waals surface area contributed by atoms with Crippen LogP contribution in [0.15, 0.2) is 53.9 Å². The zero-order chi connectivity index (χ0) is 21.4. The number of fused-ring (bicyclic) bond motifs is 2. The number of likely N-dealkylation sites (N-methyl/N-ethyl adjacent to an activating group) is 1. The van der Waals surface area contributed by atoms with Gasteiger partial charge in [0.2, 0.25) is 5.95 Å². The molecule has 31 heavy (non-hydrogen) atoms. The molecule has 3 aliphatic rings. The van der Waals surface area contributed by atoms with Crippen molar-refractivity contribution in [2.24, 2.45) is 0 Å². The summed E-state index contributed by atoms with van der Waals surface area (Å²) in [6.45, 7) is 1.73. The summed E-state index contributed by atoms with van der Waals surface area (Å²) in [7, 11) is 1.92. The fourth-order valence-electron chi connectivity index (χ4n) is 4.28. The van der Waals surface area contributed by atoms with Gasteiger partial charge in [0.25, 0.3) is 5.91 Å². The van der Waals surface area contributed by atoms with E-state index in [1.165, 1.54) is 0 Å². The van der Waals surface area contributed by atoms with Crippen LogP contribution < -0.4 is 20.4 Å². The van der Waals surface area contributed by atoms with E-state index >= 15 is 0 Å². The molecule has 2 aliphatic heterocycles. The molecule has 8 heteroatoms. The van der Waals surface area contributed by atoms with E-state index in [0.29, 0.717) is 23.0 Å². The van der Waals surface area contributed by atoms with Crippen molar-refractivity contribution in [3.05, 3.63) is 53.9 Å². The van der Waals surface area contributed by atoms with E-state index in [1.54, 1.807) is 6.20 Å². The van der Waals surface area contributed by atoms with E-state index in [-0.39, 0.29) is 12.0 Å². The van der Waals surface area contributed by atoms with E-state index in [2.05, 4.69) is 43.7 Å². The summed E-state index contributed by atoms with van der Waals surface area (Å²) in [6, 6.07) is 8.15. The first-order valence-electron chi connectivity index (χ1n) is 10.7. The number of amides is 1. The fraction of sp³-hybridized carbons (Fsp3) is 0.348. The number of hydrogen-bond acceptors (Lipinski definition) is 7. The van der Waals surface area contributed by atoms with Crippen LogP contribution in [0.2, 0.25) is 0 Å². The molecule has 0 atom stereocenters. The molecule has 3 heterocycles. The van der Waals surface area contributed by atoms with Crippen molar-refractivity contribution in [1.82, 2.24) is 9.97 Å². The number of piperidine rings is 1. The van der Waals surface area contributed by atoms with Crippen LogP contribution in [0.25, 0.3) is 0 Å². The van der Waals surface area contributed by atoms with Crippen LogP contribution in [0.3, 0.4) is 0 Å². The van der Waals surface area contributed by atoms with E-state index in [4.69, 9.17) is 0 Å². The molecule has 1 saturated heterocycles. The van der Waals surface area contributed by atoms with Gasteiger partial charge in [0.15, 0.2) is 5.82 Å². The predicted octanol–water partition coefficient (Wildman–Crippen LogP) is 3.17. The molecule has 1 amide bonds. The average molecular weight is 419 g/mol. The van der Waals surface area contributed by atoms with E-state index in [1.807, 2.05) is 30.2 Å². The van der Waals surface area contributed by atoms with Crippen molar-refractivity contribution in [2.45, 2.75) is 31.8 Å². The Morgan fingerprint density at radius 2 is 1.87 bits per heavy atom. The predicted molar refractivity (Wildman–Crippen MR) is 122 cm³/mol. The average Bonchev–Trinajstić information content (AvgIpc) is 2.90. The minimum absolute atomic E-state index is 0.123. The van der Waals surface area contributed by atoms with Crippen LogP contribution in [-0.4, -0.2) is 47.2 Å². The molecule has 0 radical (unpaired) electrons. The first-order valence-corrected chi connectivity index (χ1v) is 10.7. The Kier molecular flexibility index (Phi) is 5.07. The van der Waals surface area contributed by atoms with Crippen molar-refractivity contribution in [2.75, 3.05) is 40.6 Å². The van der Waals surface area contributed by atoms with Gasteiger partial charge in [-0.3, -0.25) is 4.79 Å². The second-order valence-electron chi connectivity index (χ2n) is 8.12. The molecule has 1 aromatic heterocycles. The lowest BCUT2D eigenvalue weighted by Gasteiger charge is -2.31. The number of nitrogens with zero attached hydrogens (tertiary/aromatic N) is 4. The lowest BCUT2D eigenvalue weighted by atomic mass is 10.0. The Labute approximate surface area is 181 Å². The molecule has 0 saturated carbocycles. The zero-order valence-electron chi connectivity index (χ0n) is 17.5. The van der Waals surface area contributed by atoms with Crippen LogP contribution in [0, 0.1) is 0 Å². The molecule has 8 nitrogen and oxygen atoms in total. The van der Waals surface area contributed by atoms with Gasteiger partial charge in [-0.25, -0.2) is 4.98 Å². The maximum atomic E-state index is 12.6. The van der Waals surface area contributed by atoms with Gasteiger partial charge in [0.1, 0.15) is 5.69 Å². The highest BCUT2D eigenvalue weighted by atomic mass is 16.3. The number of anilines is 5. The van der Waals surface area contributed by atoms with Crippen molar-refractivity contribution >= 4 is 34.7 Å². The summed E-state index contributed by atoms with van der Waals surface area (Å²) in [6.07, 6.45) is 8.90. The summed E-state index contributed by atoms with van der Waals surface area (Å²) >= 11 is 0. The van der Waals surface area contributed by atoms with Crippen LogP contribution in [0.1, 0.15) is 25.7 Å².